The van der Waals surface area contributed by atoms with Crippen molar-refractivity contribution in [3.63, 3.8) is 0 Å². The van der Waals surface area contributed by atoms with E-state index in [0.717, 1.165) is 0 Å². The van der Waals surface area contributed by atoms with Crippen LogP contribution in [0.4, 0.5) is 5.69 Å². The standard InChI is InChI=1S/C19H15Cl3N2O3S2/c20-12-5-6-15(14(22)8-12)24-16-9-29(26,27)10-17(16)28-19(24)23-18(25)7-11-3-1-2-4-13(11)21/h1-6,8,16-17H,7,9-10H2/t16-,17-/m0/s1. The van der Waals surface area contributed by atoms with Gasteiger partial charge in [0.1, 0.15) is 0 Å². The molecule has 0 N–H and O–H groups in total. The van der Waals surface area contributed by atoms with E-state index in [1.54, 1.807) is 47.4 Å². The van der Waals surface area contributed by atoms with Gasteiger partial charge in [0.25, 0.3) is 5.91 Å². The number of benzene rings is 2. The van der Waals surface area contributed by atoms with E-state index in [9.17, 15) is 13.2 Å². The van der Waals surface area contributed by atoms with E-state index in [1.165, 1.54) is 11.8 Å². The maximum atomic E-state index is 12.6. The first kappa shape index (κ1) is 21.0. The molecule has 2 aromatic carbocycles. The van der Waals surface area contributed by atoms with E-state index in [4.69, 9.17) is 34.8 Å². The number of nitrogens with zero attached hydrogens (tertiary/aromatic N) is 2. The topological polar surface area (TPSA) is 66.8 Å². The molecule has 2 heterocycles. The third-order valence-electron chi connectivity index (χ3n) is 4.76. The number of rotatable bonds is 3. The van der Waals surface area contributed by atoms with Crippen LogP contribution in [0, 0.1) is 0 Å². The van der Waals surface area contributed by atoms with Crippen molar-refractivity contribution >= 4 is 73.2 Å². The number of halogens is 3. The Kier molecular flexibility index (Phi) is 5.88. The molecule has 2 fully saturated rings. The second-order valence-corrected chi connectivity index (χ2v) is 11.4. The number of amidine groups is 1. The summed E-state index contributed by atoms with van der Waals surface area (Å²) in [5, 5.41) is 1.57. The second kappa shape index (κ2) is 8.12. The number of carbonyl (C=O) groups is 1. The summed E-state index contributed by atoms with van der Waals surface area (Å²) in [6, 6.07) is 11.7. The lowest BCUT2D eigenvalue weighted by molar-refractivity contribution is -0.117. The average Bonchev–Trinajstić information content (AvgIpc) is 3.08. The zero-order valence-electron chi connectivity index (χ0n) is 14.9. The molecular formula is C19H15Cl3N2O3S2. The van der Waals surface area contributed by atoms with Gasteiger partial charge in [0, 0.05) is 15.3 Å². The number of thioether (sulfide) groups is 1. The van der Waals surface area contributed by atoms with Crippen LogP contribution in [-0.2, 0) is 21.1 Å². The van der Waals surface area contributed by atoms with Crippen LogP contribution < -0.4 is 4.90 Å². The number of aliphatic imine (C=N–C) groups is 1. The molecule has 1 amide bonds. The van der Waals surface area contributed by atoms with Crippen LogP contribution >= 0.6 is 46.6 Å². The van der Waals surface area contributed by atoms with Gasteiger partial charge in [-0.15, -0.1) is 0 Å². The summed E-state index contributed by atoms with van der Waals surface area (Å²) in [5.41, 5.74) is 1.27. The Balaban J connectivity index is 1.68. The predicted octanol–water partition coefficient (Wildman–Crippen LogP) is 4.49. The van der Waals surface area contributed by atoms with Crippen LogP contribution in [0.3, 0.4) is 0 Å². The molecule has 29 heavy (non-hydrogen) atoms. The van der Waals surface area contributed by atoms with Crippen molar-refractivity contribution in [2.45, 2.75) is 17.7 Å². The van der Waals surface area contributed by atoms with Gasteiger partial charge in [-0.05, 0) is 29.8 Å². The Morgan fingerprint density at radius 3 is 2.59 bits per heavy atom. The summed E-state index contributed by atoms with van der Waals surface area (Å²) >= 11 is 19.8. The van der Waals surface area contributed by atoms with Crippen molar-refractivity contribution in [3.05, 3.63) is 63.1 Å². The maximum Gasteiger partial charge on any atom is 0.252 e. The molecule has 0 spiro atoms. The van der Waals surface area contributed by atoms with Gasteiger partial charge in [0.15, 0.2) is 15.0 Å². The van der Waals surface area contributed by atoms with Crippen molar-refractivity contribution in [3.8, 4) is 0 Å². The first-order valence-corrected chi connectivity index (χ1v) is 12.5. The molecule has 0 radical (unpaired) electrons. The number of hydrogen-bond donors (Lipinski definition) is 0. The Morgan fingerprint density at radius 2 is 1.86 bits per heavy atom. The Hall–Kier alpha value is -1.25. The molecule has 5 nitrogen and oxygen atoms in total. The molecule has 0 saturated carbocycles. The number of amides is 1. The van der Waals surface area contributed by atoms with E-state index in [0.29, 0.717) is 31.5 Å². The predicted molar refractivity (Wildman–Crippen MR) is 120 cm³/mol. The van der Waals surface area contributed by atoms with Crippen molar-refractivity contribution in [2.75, 3.05) is 16.4 Å². The number of carbonyl (C=O) groups excluding carboxylic acids is 1. The van der Waals surface area contributed by atoms with Crippen LogP contribution in [0.25, 0.3) is 0 Å². The highest BCUT2D eigenvalue weighted by molar-refractivity contribution is 8.16. The Labute approximate surface area is 188 Å². The van der Waals surface area contributed by atoms with Crippen LogP contribution in [-0.4, -0.2) is 42.3 Å². The lowest BCUT2D eigenvalue weighted by Gasteiger charge is -2.25. The fourth-order valence-corrected chi connectivity index (χ4v) is 8.10. The molecule has 2 aliphatic heterocycles. The molecular weight excluding hydrogens is 475 g/mol. The largest absolute Gasteiger partial charge is 0.314 e. The van der Waals surface area contributed by atoms with Gasteiger partial charge < -0.3 is 4.90 Å². The highest BCUT2D eigenvalue weighted by Crippen LogP contribution is 2.43. The summed E-state index contributed by atoms with van der Waals surface area (Å²) in [6.45, 7) is 0. The normalized spacial score (nSPS) is 24.1. The smallest absolute Gasteiger partial charge is 0.252 e. The van der Waals surface area contributed by atoms with E-state index in [-0.39, 0.29) is 35.1 Å². The summed E-state index contributed by atoms with van der Waals surface area (Å²) in [4.78, 5) is 18.7. The summed E-state index contributed by atoms with van der Waals surface area (Å²) in [7, 11) is -3.16. The molecule has 0 bridgehead atoms. The van der Waals surface area contributed by atoms with E-state index < -0.39 is 9.84 Å². The lowest BCUT2D eigenvalue weighted by atomic mass is 10.1. The van der Waals surface area contributed by atoms with Gasteiger partial charge in [-0.2, -0.15) is 4.99 Å². The second-order valence-electron chi connectivity index (χ2n) is 6.82. The molecule has 0 aromatic heterocycles. The molecule has 10 heteroatoms. The minimum Gasteiger partial charge on any atom is -0.314 e. The van der Waals surface area contributed by atoms with Crippen molar-refractivity contribution in [1.29, 1.82) is 0 Å². The lowest BCUT2D eigenvalue weighted by Crippen LogP contribution is -2.38. The monoisotopic (exact) mass is 488 g/mol. The van der Waals surface area contributed by atoms with Gasteiger partial charge in [0.05, 0.1) is 34.7 Å². The third-order valence-corrected chi connectivity index (χ3v) is 8.87. The quantitative estimate of drug-likeness (QED) is 0.635. The summed E-state index contributed by atoms with van der Waals surface area (Å²) in [6.07, 6.45) is 0.0551. The van der Waals surface area contributed by atoms with Crippen LogP contribution in [0.5, 0.6) is 0 Å². The fourth-order valence-electron chi connectivity index (χ4n) is 3.47. The zero-order chi connectivity index (χ0) is 20.8. The first-order chi connectivity index (χ1) is 13.7. The van der Waals surface area contributed by atoms with Gasteiger partial charge in [-0.1, -0.05) is 64.8 Å². The van der Waals surface area contributed by atoms with E-state index in [1.807, 2.05) is 0 Å². The number of fused-ring (bicyclic) bond motifs is 1. The highest BCUT2D eigenvalue weighted by atomic mass is 35.5. The summed E-state index contributed by atoms with van der Waals surface area (Å²) in [5.74, 6) is -0.332. The average molecular weight is 490 g/mol. The van der Waals surface area contributed by atoms with Crippen molar-refractivity contribution in [2.24, 2.45) is 4.99 Å². The molecule has 152 valence electrons. The molecule has 0 unspecified atom stereocenters. The molecule has 4 rings (SSSR count). The minimum atomic E-state index is -3.16. The maximum absolute atomic E-state index is 12.6. The van der Waals surface area contributed by atoms with Crippen molar-refractivity contribution < 1.29 is 13.2 Å². The van der Waals surface area contributed by atoms with Crippen molar-refractivity contribution in [1.82, 2.24) is 0 Å². The van der Waals surface area contributed by atoms with E-state index in [2.05, 4.69) is 4.99 Å². The summed E-state index contributed by atoms with van der Waals surface area (Å²) < 4.78 is 24.3. The zero-order valence-corrected chi connectivity index (χ0v) is 18.8. The van der Waals surface area contributed by atoms with Gasteiger partial charge in [-0.3, -0.25) is 4.79 Å². The fraction of sp³-hybridized carbons (Fsp3) is 0.263. The van der Waals surface area contributed by atoms with Crippen LogP contribution in [0.2, 0.25) is 15.1 Å². The molecule has 2 aliphatic rings. The van der Waals surface area contributed by atoms with Gasteiger partial charge >= 0.3 is 0 Å². The first-order valence-electron chi connectivity index (χ1n) is 8.70. The minimum absolute atomic E-state index is 0.0126. The molecule has 2 saturated heterocycles. The Morgan fingerprint density at radius 1 is 1.10 bits per heavy atom. The van der Waals surface area contributed by atoms with E-state index >= 15 is 0 Å². The SMILES string of the molecule is O=C(Cc1ccccc1Cl)N=C1S[C@H]2CS(=O)(=O)C[C@@H]2N1c1ccc(Cl)cc1Cl. The molecule has 2 atom stereocenters. The van der Waals surface area contributed by atoms with Crippen LogP contribution in [0.1, 0.15) is 5.56 Å². The van der Waals surface area contributed by atoms with Gasteiger partial charge in [-0.25, -0.2) is 8.42 Å². The molecule has 2 aromatic rings. The van der Waals surface area contributed by atoms with Gasteiger partial charge in [0.2, 0.25) is 0 Å². The Bertz CT molecular complexity index is 1120. The number of anilines is 1. The third kappa shape index (κ3) is 4.44. The number of hydrogen-bond acceptors (Lipinski definition) is 4. The molecule has 0 aliphatic carbocycles. The number of sulfone groups is 1. The van der Waals surface area contributed by atoms with Crippen LogP contribution in [0.15, 0.2) is 47.5 Å². The highest BCUT2D eigenvalue weighted by Gasteiger charge is 2.49.